The van der Waals surface area contributed by atoms with Gasteiger partial charge < -0.3 is 15.3 Å². The molecule has 2 bridgehead atoms. The molecule has 4 heterocycles. The third-order valence-electron chi connectivity index (χ3n) is 6.42. The molecule has 0 spiro atoms. The first-order valence-electron chi connectivity index (χ1n) is 10.6. The van der Waals surface area contributed by atoms with E-state index in [2.05, 4.69) is 25.5 Å². The van der Waals surface area contributed by atoms with Gasteiger partial charge >= 0.3 is 0 Å². The van der Waals surface area contributed by atoms with Crippen LogP contribution in [0.3, 0.4) is 0 Å². The van der Waals surface area contributed by atoms with Crippen molar-refractivity contribution in [2.75, 3.05) is 11.9 Å². The molecule has 2 unspecified atom stereocenters. The number of nitrogens with one attached hydrogen (secondary N) is 1. The quantitative estimate of drug-likeness (QED) is 0.670. The molecular weight excluding hydrogens is 395 g/mol. The second-order valence-corrected chi connectivity index (χ2v) is 8.46. The average Bonchev–Trinajstić information content (AvgIpc) is 3.20. The molecule has 2 aliphatic rings. The second-order valence-electron chi connectivity index (χ2n) is 8.46. The first-order valence-corrected chi connectivity index (χ1v) is 10.6. The van der Waals surface area contributed by atoms with Crippen molar-refractivity contribution >= 4 is 5.82 Å². The van der Waals surface area contributed by atoms with Gasteiger partial charge in [0.15, 0.2) is 0 Å². The lowest BCUT2D eigenvalue weighted by Gasteiger charge is -2.38. The maximum atomic E-state index is 14.9. The standard InChI is InChI=1S/C23H25FN6O/c1-13-3-7-17(29-28-13)14-4-6-16(21(31)9-14)19-11-26-22(12-25-19)30(2)20-10-15-5-8-18(27-15)23(20)24/h3-4,6-7,9,11-12,15,18,20,23,27,31H,5,8,10H2,1-2H3/t15?,18?,20-,23+/m1/s1. The number of rotatable bonds is 4. The molecule has 7 nitrogen and oxygen atoms in total. The van der Waals surface area contributed by atoms with Gasteiger partial charge in [0.05, 0.1) is 35.5 Å². The third kappa shape index (κ3) is 3.72. The van der Waals surface area contributed by atoms with Crippen molar-refractivity contribution in [3.63, 3.8) is 0 Å². The number of alkyl halides is 1. The molecule has 0 radical (unpaired) electrons. The molecule has 1 aromatic carbocycles. The van der Waals surface area contributed by atoms with Crippen LogP contribution >= 0.6 is 0 Å². The summed E-state index contributed by atoms with van der Waals surface area (Å²) in [5.41, 5.74) is 3.42. The summed E-state index contributed by atoms with van der Waals surface area (Å²) in [6, 6.07) is 9.17. The minimum atomic E-state index is -0.924. The van der Waals surface area contributed by atoms with Gasteiger partial charge in [-0.15, -0.1) is 0 Å². The summed E-state index contributed by atoms with van der Waals surface area (Å²) in [5.74, 6) is 0.720. The fourth-order valence-electron chi connectivity index (χ4n) is 4.62. The van der Waals surface area contributed by atoms with Crippen molar-refractivity contribution in [1.29, 1.82) is 0 Å². The van der Waals surface area contributed by atoms with Gasteiger partial charge in [-0.1, -0.05) is 6.07 Å². The van der Waals surface area contributed by atoms with E-state index in [1.165, 1.54) is 0 Å². The molecule has 2 N–H and O–H groups in total. The predicted octanol–water partition coefficient (Wildman–Crippen LogP) is 3.28. The number of phenols is 1. The van der Waals surface area contributed by atoms with E-state index < -0.39 is 6.17 Å². The van der Waals surface area contributed by atoms with Gasteiger partial charge in [-0.05, 0) is 50.5 Å². The minimum absolute atomic E-state index is 0.0629. The lowest BCUT2D eigenvalue weighted by molar-refractivity contribution is 0.176. The number of nitrogens with zero attached hydrogens (tertiary/aromatic N) is 5. The summed E-state index contributed by atoms with van der Waals surface area (Å²) in [7, 11) is 1.88. The Bertz CT molecular complexity index is 1070. The Morgan fingerprint density at radius 2 is 1.94 bits per heavy atom. The first kappa shape index (κ1) is 19.8. The number of benzene rings is 1. The van der Waals surface area contributed by atoms with Crippen LogP contribution in [0.1, 0.15) is 25.0 Å². The van der Waals surface area contributed by atoms with Crippen molar-refractivity contribution in [3.05, 3.63) is 48.4 Å². The summed E-state index contributed by atoms with van der Waals surface area (Å²) in [5, 5.41) is 22.1. The number of halogens is 1. The van der Waals surface area contributed by atoms with Gasteiger partial charge in [0.25, 0.3) is 0 Å². The van der Waals surface area contributed by atoms with Crippen LogP contribution in [0.4, 0.5) is 10.2 Å². The molecule has 3 aromatic rings. The summed E-state index contributed by atoms with van der Waals surface area (Å²) in [4.78, 5) is 10.9. The molecule has 2 saturated heterocycles. The predicted molar refractivity (Wildman–Crippen MR) is 117 cm³/mol. The fourth-order valence-corrected chi connectivity index (χ4v) is 4.62. The van der Waals surface area contributed by atoms with Crippen LogP contribution in [-0.4, -0.2) is 56.6 Å². The van der Waals surface area contributed by atoms with Crippen molar-refractivity contribution in [2.24, 2.45) is 0 Å². The summed E-state index contributed by atoms with van der Waals surface area (Å²) in [6.07, 6.45) is 5.03. The van der Waals surface area contributed by atoms with E-state index in [0.29, 0.717) is 28.8 Å². The topological polar surface area (TPSA) is 87.1 Å². The van der Waals surface area contributed by atoms with Gasteiger partial charge in [0, 0.05) is 30.3 Å². The molecule has 0 saturated carbocycles. The summed E-state index contributed by atoms with van der Waals surface area (Å²) in [6.45, 7) is 1.88. The number of hydrogen-bond acceptors (Lipinski definition) is 7. The first-order chi connectivity index (χ1) is 15.0. The maximum Gasteiger partial charge on any atom is 0.147 e. The van der Waals surface area contributed by atoms with E-state index in [-0.39, 0.29) is 17.8 Å². The summed E-state index contributed by atoms with van der Waals surface area (Å²) >= 11 is 0. The van der Waals surface area contributed by atoms with Gasteiger partial charge in [-0.2, -0.15) is 10.2 Å². The number of aromatic nitrogens is 4. The van der Waals surface area contributed by atoms with Crippen LogP contribution in [0.15, 0.2) is 42.7 Å². The maximum absolute atomic E-state index is 14.9. The molecule has 4 atom stereocenters. The van der Waals surface area contributed by atoms with E-state index in [4.69, 9.17) is 0 Å². The molecule has 2 aromatic heterocycles. The Balaban J connectivity index is 1.35. The van der Waals surface area contributed by atoms with E-state index in [1.807, 2.05) is 37.1 Å². The number of hydrogen-bond donors (Lipinski definition) is 2. The van der Waals surface area contributed by atoms with Crippen molar-refractivity contribution in [2.45, 2.75) is 50.5 Å². The normalized spacial score (nSPS) is 24.9. The third-order valence-corrected chi connectivity index (χ3v) is 6.42. The van der Waals surface area contributed by atoms with Gasteiger partial charge in [-0.3, -0.25) is 4.98 Å². The molecule has 0 aliphatic carbocycles. The Hall–Kier alpha value is -3.13. The zero-order valence-electron chi connectivity index (χ0n) is 17.5. The number of fused-ring (bicyclic) bond motifs is 2. The molecular formula is C23H25FN6O. The number of phenolic OH excluding ortho intramolecular Hbond substituents is 1. The summed E-state index contributed by atoms with van der Waals surface area (Å²) < 4.78 is 14.9. The van der Waals surface area contributed by atoms with Crippen molar-refractivity contribution in [1.82, 2.24) is 25.5 Å². The minimum Gasteiger partial charge on any atom is -0.507 e. The van der Waals surface area contributed by atoms with E-state index >= 15 is 0 Å². The average molecular weight is 420 g/mol. The number of anilines is 1. The largest absolute Gasteiger partial charge is 0.507 e. The fraction of sp³-hybridized carbons (Fsp3) is 0.391. The molecule has 160 valence electrons. The van der Waals surface area contributed by atoms with Crippen LogP contribution in [0.2, 0.25) is 0 Å². The van der Waals surface area contributed by atoms with Gasteiger partial charge in [0.1, 0.15) is 17.7 Å². The molecule has 2 fully saturated rings. The van der Waals surface area contributed by atoms with E-state index in [9.17, 15) is 9.50 Å². The number of aryl methyl sites for hydroxylation is 1. The molecule has 31 heavy (non-hydrogen) atoms. The highest BCUT2D eigenvalue weighted by Gasteiger charge is 2.43. The molecule has 5 rings (SSSR count). The highest BCUT2D eigenvalue weighted by atomic mass is 19.1. The monoisotopic (exact) mass is 420 g/mol. The van der Waals surface area contributed by atoms with Crippen LogP contribution in [0, 0.1) is 6.92 Å². The van der Waals surface area contributed by atoms with Crippen molar-refractivity contribution < 1.29 is 9.50 Å². The van der Waals surface area contributed by atoms with Crippen LogP contribution in [0.5, 0.6) is 5.75 Å². The second kappa shape index (κ2) is 7.85. The zero-order valence-corrected chi connectivity index (χ0v) is 17.5. The van der Waals surface area contributed by atoms with E-state index in [1.54, 1.807) is 24.5 Å². The Morgan fingerprint density at radius 3 is 2.65 bits per heavy atom. The Morgan fingerprint density at radius 1 is 1.06 bits per heavy atom. The lowest BCUT2D eigenvalue weighted by Crippen LogP contribution is -2.55. The Labute approximate surface area is 180 Å². The highest BCUT2D eigenvalue weighted by Crippen LogP contribution is 2.34. The SMILES string of the molecule is Cc1ccc(-c2ccc(-c3cnc(N(C)[C@@H]4CC5CCC(N5)[C@@H]4F)cn3)c(O)c2)nn1. The van der Waals surface area contributed by atoms with Crippen LogP contribution < -0.4 is 10.2 Å². The number of piperidine rings is 1. The Kier molecular flexibility index (Phi) is 5.02. The van der Waals surface area contributed by atoms with Gasteiger partial charge in [-0.25, -0.2) is 9.37 Å². The van der Waals surface area contributed by atoms with Gasteiger partial charge in [0.2, 0.25) is 0 Å². The number of aromatic hydroxyl groups is 1. The van der Waals surface area contributed by atoms with Crippen molar-refractivity contribution in [3.8, 4) is 28.3 Å². The zero-order chi connectivity index (χ0) is 21.5. The highest BCUT2D eigenvalue weighted by molar-refractivity contribution is 5.72. The molecule has 2 aliphatic heterocycles. The molecule has 8 heteroatoms. The van der Waals surface area contributed by atoms with Crippen LogP contribution in [-0.2, 0) is 0 Å². The van der Waals surface area contributed by atoms with Crippen LogP contribution in [0.25, 0.3) is 22.5 Å². The smallest absolute Gasteiger partial charge is 0.147 e. The molecule has 0 amide bonds. The lowest BCUT2D eigenvalue weighted by atomic mass is 9.96. The van der Waals surface area contributed by atoms with E-state index in [0.717, 1.165) is 30.5 Å².